The van der Waals surface area contributed by atoms with Crippen LogP contribution in [0.4, 0.5) is 39.5 Å². The molecule has 0 aromatic heterocycles. The molecule has 0 unspecified atom stereocenters. The van der Waals surface area contributed by atoms with E-state index in [0.29, 0.717) is 6.08 Å². The molecule has 0 atom stereocenters. The van der Waals surface area contributed by atoms with Crippen LogP contribution in [-0.2, 0) is 15.8 Å². The Bertz CT molecular complexity index is 739. The van der Waals surface area contributed by atoms with Crippen molar-refractivity contribution in [1.82, 2.24) is 0 Å². The Morgan fingerprint density at radius 2 is 1.13 bits per heavy atom. The van der Waals surface area contributed by atoms with Crippen molar-refractivity contribution in [1.29, 1.82) is 0 Å². The lowest BCUT2D eigenvalue weighted by Crippen LogP contribution is -2.45. The van der Waals surface area contributed by atoms with Crippen LogP contribution >= 0.6 is 0 Å². The molecule has 0 N–H and O–H groups in total. The van der Waals surface area contributed by atoms with Gasteiger partial charge in [0.25, 0.3) is 0 Å². The van der Waals surface area contributed by atoms with Gasteiger partial charge in [-0.2, -0.15) is 17.6 Å². The maximum atomic E-state index is 13.7. The van der Waals surface area contributed by atoms with Gasteiger partial charge in [0, 0.05) is 5.41 Å². The fraction of sp³-hybridized carbons (Fsp3) is 0.273. The van der Waals surface area contributed by atoms with Gasteiger partial charge in [-0.3, -0.25) is 0 Å². The fourth-order valence-corrected chi connectivity index (χ4v) is 2.46. The highest BCUT2D eigenvalue weighted by Crippen LogP contribution is 2.49. The summed E-state index contributed by atoms with van der Waals surface area (Å²) in [6.45, 7) is 0.851. The van der Waals surface area contributed by atoms with Gasteiger partial charge in [0.15, 0.2) is 23.3 Å². The summed E-state index contributed by atoms with van der Waals surface area (Å²) in [6, 6.07) is 0. The third-order valence-electron chi connectivity index (χ3n) is 2.56. The van der Waals surface area contributed by atoms with Crippen molar-refractivity contribution < 1.29 is 47.9 Å². The highest BCUT2D eigenvalue weighted by Gasteiger charge is 2.68. The van der Waals surface area contributed by atoms with Gasteiger partial charge in [0.1, 0.15) is 5.56 Å². The van der Waals surface area contributed by atoms with E-state index in [1.54, 1.807) is 0 Å². The Balaban J connectivity index is 3.83. The normalized spacial score (nSPS) is 13.8. The average molecular weight is 372 g/mol. The zero-order valence-electron chi connectivity index (χ0n) is 10.8. The van der Waals surface area contributed by atoms with Gasteiger partial charge in [-0.25, -0.2) is 30.4 Å². The first-order chi connectivity index (χ1) is 10.2. The first-order valence-corrected chi connectivity index (χ1v) is 6.93. The molecular formula is C11H5F9O2S. The quantitative estimate of drug-likeness (QED) is 0.455. The summed E-state index contributed by atoms with van der Waals surface area (Å²) in [5.41, 5.74) is -3.24. The van der Waals surface area contributed by atoms with Gasteiger partial charge in [-0.05, 0) is 6.92 Å². The summed E-state index contributed by atoms with van der Waals surface area (Å²) in [5.74, 6) is -21.5. The van der Waals surface area contributed by atoms with E-state index in [1.807, 2.05) is 0 Å². The maximum absolute atomic E-state index is 13.7. The molecule has 23 heavy (non-hydrogen) atoms. The molecule has 1 rings (SSSR count). The van der Waals surface area contributed by atoms with Crippen LogP contribution in [0.1, 0.15) is 12.5 Å². The third kappa shape index (κ3) is 2.68. The smallest absolute Gasteiger partial charge is 0.218 e. The van der Waals surface area contributed by atoms with Crippen LogP contribution in [0.2, 0.25) is 0 Å². The largest absolute Gasteiger partial charge is 0.415 e. The van der Waals surface area contributed by atoms with E-state index in [0.717, 1.165) is 6.92 Å². The van der Waals surface area contributed by atoms with Crippen LogP contribution in [-0.4, -0.2) is 13.7 Å². The lowest BCUT2D eigenvalue weighted by molar-refractivity contribution is -0.167. The number of halogens is 9. The van der Waals surface area contributed by atoms with Crippen molar-refractivity contribution in [2.75, 3.05) is 0 Å². The van der Waals surface area contributed by atoms with Crippen LogP contribution in [0.25, 0.3) is 0 Å². The Morgan fingerprint density at radius 3 is 1.48 bits per heavy atom. The van der Waals surface area contributed by atoms with Crippen LogP contribution in [0, 0.1) is 29.1 Å². The Morgan fingerprint density at radius 1 is 0.783 bits per heavy atom. The van der Waals surface area contributed by atoms with Crippen molar-refractivity contribution in [3.05, 3.63) is 46.1 Å². The lowest BCUT2D eigenvalue weighted by Gasteiger charge is -2.26. The van der Waals surface area contributed by atoms with Crippen molar-refractivity contribution in [3.8, 4) is 0 Å². The summed E-state index contributed by atoms with van der Waals surface area (Å²) in [7, 11) is -6.12. The predicted molar refractivity (Wildman–Crippen MR) is 58.8 cm³/mol. The molecule has 12 heteroatoms. The molecule has 0 amide bonds. The van der Waals surface area contributed by atoms with E-state index in [4.69, 9.17) is 0 Å². The van der Waals surface area contributed by atoms with Crippen molar-refractivity contribution in [3.63, 3.8) is 0 Å². The Kier molecular flexibility index (Phi) is 4.81. The minimum Gasteiger partial charge on any atom is -0.218 e. The van der Waals surface area contributed by atoms with E-state index in [2.05, 4.69) is 0 Å². The van der Waals surface area contributed by atoms with Crippen molar-refractivity contribution >= 4 is 9.84 Å². The van der Waals surface area contributed by atoms with E-state index in [1.165, 1.54) is 0 Å². The molecule has 0 spiro atoms. The highest BCUT2D eigenvalue weighted by atomic mass is 32.2. The fourth-order valence-electron chi connectivity index (χ4n) is 1.47. The third-order valence-corrected chi connectivity index (χ3v) is 4.16. The second-order valence-corrected chi connectivity index (χ2v) is 5.93. The molecule has 0 saturated carbocycles. The van der Waals surface area contributed by atoms with Crippen LogP contribution in [0.15, 0.2) is 11.5 Å². The minimum absolute atomic E-state index is 0.396. The second kappa shape index (κ2) is 5.73. The molecule has 1 aromatic rings. The monoisotopic (exact) mass is 372 g/mol. The molecule has 0 fully saturated rings. The summed E-state index contributed by atoms with van der Waals surface area (Å²) in [5, 5.41) is -6.57. The first kappa shape index (κ1) is 19.3. The molecule has 0 radical (unpaired) electrons. The zero-order valence-corrected chi connectivity index (χ0v) is 11.6. The van der Waals surface area contributed by atoms with Gasteiger partial charge >= 0.3 is 11.2 Å². The van der Waals surface area contributed by atoms with Crippen LogP contribution < -0.4 is 0 Å². The molecule has 0 heterocycles. The van der Waals surface area contributed by atoms with E-state index in [9.17, 15) is 47.9 Å². The SMILES string of the molecule is C/C=C/S(=O)(=O)C(F)(F)C(F)(F)c1c(F)c(F)c(F)c(F)c1F. The van der Waals surface area contributed by atoms with Crippen molar-refractivity contribution in [2.45, 2.75) is 18.1 Å². The number of allylic oxidation sites excluding steroid dienone is 1. The molecule has 0 aliphatic carbocycles. The average Bonchev–Trinajstić information content (AvgIpc) is 2.42. The molecular weight excluding hydrogens is 367 g/mol. The summed E-state index contributed by atoms with van der Waals surface area (Å²) in [6.07, 6.45) is 0.401. The Hall–Kier alpha value is -1.72. The standard InChI is InChI=1S/C11H5F9O2S/c1-2-3-23(21,22)11(19,20)10(17,18)4-5(12)7(14)9(16)8(15)6(4)13/h2-3H,1H3/b3-2+. The molecule has 0 saturated heterocycles. The van der Waals surface area contributed by atoms with Gasteiger partial charge in [-0.15, -0.1) is 0 Å². The molecule has 130 valence electrons. The predicted octanol–water partition coefficient (Wildman–Crippen LogP) is 4.02. The van der Waals surface area contributed by atoms with Crippen LogP contribution in [0.3, 0.4) is 0 Å². The molecule has 0 bridgehead atoms. The summed E-state index contributed by atoms with van der Waals surface area (Å²) < 4.78 is 142. The van der Waals surface area contributed by atoms with E-state index >= 15 is 0 Å². The van der Waals surface area contributed by atoms with Gasteiger partial charge < -0.3 is 0 Å². The number of rotatable bonds is 4. The van der Waals surface area contributed by atoms with Gasteiger partial charge in [0.05, 0.1) is 0 Å². The summed E-state index contributed by atoms with van der Waals surface area (Å²) in [4.78, 5) is 0. The number of hydrogen-bond acceptors (Lipinski definition) is 2. The molecule has 1 aromatic carbocycles. The van der Waals surface area contributed by atoms with Gasteiger partial charge in [0.2, 0.25) is 15.7 Å². The second-order valence-electron chi connectivity index (χ2n) is 4.05. The first-order valence-electron chi connectivity index (χ1n) is 5.38. The van der Waals surface area contributed by atoms with Crippen molar-refractivity contribution in [2.24, 2.45) is 0 Å². The number of alkyl halides is 4. The zero-order chi connectivity index (χ0) is 18.4. The van der Waals surface area contributed by atoms with E-state index < -0.39 is 61.1 Å². The topological polar surface area (TPSA) is 34.1 Å². The van der Waals surface area contributed by atoms with Crippen LogP contribution in [0.5, 0.6) is 0 Å². The number of hydrogen-bond donors (Lipinski definition) is 0. The highest BCUT2D eigenvalue weighted by molar-refractivity contribution is 7.95. The molecule has 0 aliphatic rings. The molecule has 2 nitrogen and oxygen atoms in total. The lowest BCUT2D eigenvalue weighted by atomic mass is 10.1. The molecule has 0 aliphatic heterocycles. The number of benzene rings is 1. The minimum atomic E-state index is -6.24. The number of sulfone groups is 1. The summed E-state index contributed by atoms with van der Waals surface area (Å²) >= 11 is 0. The maximum Gasteiger partial charge on any atom is 0.415 e. The van der Waals surface area contributed by atoms with Gasteiger partial charge in [-0.1, -0.05) is 6.08 Å². The Labute approximate surface area is 123 Å². The van der Waals surface area contributed by atoms with E-state index in [-0.39, 0.29) is 0 Å².